The van der Waals surface area contributed by atoms with Crippen LogP contribution in [-0.2, 0) is 6.54 Å². The molecule has 0 saturated carbocycles. The standard InChI is InChI=1S/C6H7N3O/c1-5-4-9(3-2-7)6(10)8-5/h4H,3H2,1H3,(H,8,10). The number of rotatable bonds is 1. The Hall–Kier alpha value is -1.50. The normalized spacial score (nSPS) is 9.20. The first-order valence-electron chi connectivity index (χ1n) is 2.87. The number of nitrogens with zero attached hydrogens (tertiary/aromatic N) is 2. The van der Waals surface area contributed by atoms with E-state index in [0.29, 0.717) is 0 Å². The second kappa shape index (κ2) is 2.40. The molecule has 0 bridgehead atoms. The highest BCUT2D eigenvalue weighted by molar-refractivity contribution is 4.94. The number of nitriles is 1. The molecule has 0 aliphatic heterocycles. The van der Waals surface area contributed by atoms with Crippen LogP contribution in [-0.4, -0.2) is 9.55 Å². The molecule has 1 heterocycles. The van der Waals surface area contributed by atoms with Crippen molar-refractivity contribution in [3.8, 4) is 6.07 Å². The topological polar surface area (TPSA) is 61.6 Å². The fourth-order valence-electron chi connectivity index (χ4n) is 0.759. The lowest BCUT2D eigenvalue weighted by Crippen LogP contribution is -2.15. The Kier molecular flexibility index (Phi) is 1.59. The van der Waals surface area contributed by atoms with Crippen LogP contribution < -0.4 is 5.69 Å². The molecule has 1 aromatic heterocycles. The van der Waals surface area contributed by atoms with Crippen LogP contribution in [0.2, 0.25) is 0 Å². The number of aromatic amines is 1. The first kappa shape index (κ1) is 6.62. The fourth-order valence-corrected chi connectivity index (χ4v) is 0.759. The van der Waals surface area contributed by atoms with Crippen molar-refractivity contribution < 1.29 is 0 Å². The molecular weight excluding hydrogens is 130 g/mol. The van der Waals surface area contributed by atoms with Gasteiger partial charge >= 0.3 is 5.69 Å². The van der Waals surface area contributed by atoms with Gasteiger partial charge in [-0.05, 0) is 6.92 Å². The van der Waals surface area contributed by atoms with Gasteiger partial charge in [0, 0.05) is 11.9 Å². The summed E-state index contributed by atoms with van der Waals surface area (Å²) in [5.74, 6) is 0. The minimum Gasteiger partial charge on any atom is -0.310 e. The molecule has 52 valence electrons. The maximum Gasteiger partial charge on any atom is 0.326 e. The van der Waals surface area contributed by atoms with Crippen LogP contribution in [0.1, 0.15) is 5.69 Å². The number of hydrogen-bond acceptors (Lipinski definition) is 2. The summed E-state index contributed by atoms with van der Waals surface area (Å²) in [4.78, 5) is 13.3. The summed E-state index contributed by atoms with van der Waals surface area (Å²) in [6, 6.07) is 1.88. The third-order valence-corrected chi connectivity index (χ3v) is 1.16. The molecular formula is C6H7N3O. The van der Waals surface area contributed by atoms with Crippen molar-refractivity contribution in [3.63, 3.8) is 0 Å². The predicted molar refractivity (Wildman–Crippen MR) is 35.4 cm³/mol. The molecule has 10 heavy (non-hydrogen) atoms. The monoisotopic (exact) mass is 137 g/mol. The lowest BCUT2D eigenvalue weighted by molar-refractivity contribution is 0.791. The van der Waals surface area contributed by atoms with E-state index < -0.39 is 0 Å². The van der Waals surface area contributed by atoms with Crippen molar-refractivity contribution in [2.45, 2.75) is 13.5 Å². The lowest BCUT2D eigenvalue weighted by Gasteiger charge is -1.85. The van der Waals surface area contributed by atoms with E-state index >= 15 is 0 Å². The van der Waals surface area contributed by atoms with Gasteiger partial charge in [0.05, 0.1) is 6.07 Å². The van der Waals surface area contributed by atoms with Gasteiger partial charge in [-0.15, -0.1) is 0 Å². The molecule has 0 fully saturated rings. The fraction of sp³-hybridized carbons (Fsp3) is 0.333. The zero-order valence-electron chi connectivity index (χ0n) is 5.59. The van der Waals surface area contributed by atoms with Gasteiger partial charge in [-0.3, -0.25) is 4.57 Å². The van der Waals surface area contributed by atoms with Crippen LogP contribution in [0.5, 0.6) is 0 Å². The number of H-pyrrole nitrogens is 1. The highest BCUT2D eigenvalue weighted by Crippen LogP contribution is 1.85. The molecule has 0 radical (unpaired) electrons. The van der Waals surface area contributed by atoms with Gasteiger partial charge in [-0.2, -0.15) is 5.26 Å². The second-order valence-corrected chi connectivity index (χ2v) is 2.03. The third kappa shape index (κ3) is 1.08. The number of nitrogens with one attached hydrogen (secondary N) is 1. The quantitative estimate of drug-likeness (QED) is 0.592. The van der Waals surface area contributed by atoms with Gasteiger partial charge in [0.1, 0.15) is 6.54 Å². The minimum atomic E-state index is -0.223. The molecule has 0 aliphatic rings. The smallest absolute Gasteiger partial charge is 0.310 e. The van der Waals surface area contributed by atoms with Crippen molar-refractivity contribution >= 4 is 0 Å². The Morgan fingerprint density at radius 2 is 2.60 bits per heavy atom. The Morgan fingerprint density at radius 1 is 1.90 bits per heavy atom. The van der Waals surface area contributed by atoms with Gasteiger partial charge in [-0.1, -0.05) is 0 Å². The summed E-state index contributed by atoms with van der Waals surface area (Å²) in [5.41, 5.74) is 0.555. The molecule has 0 aliphatic carbocycles. The van der Waals surface area contributed by atoms with Crippen LogP contribution >= 0.6 is 0 Å². The van der Waals surface area contributed by atoms with Crippen LogP contribution in [0.25, 0.3) is 0 Å². The molecule has 1 N–H and O–H groups in total. The molecule has 0 unspecified atom stereocenters. The molecule has 0 amide bonds. The van der Waals surface area contributed by atoms with Crippen molar-refractivity contribution in [2.75, 3.05) is 0 Å². The van der Waals surface area contributed by atoms with Crippen LogP contribution in [0.3, 0.4) is 0 Å². The average Bonchev–Trinajstić information content (AvgIpc) is 2.13. The molecule has 0 spiro atoms. The predicted octanol–water partition coefficient (Wildman–Crippen LogP) is 0.00840. The van der Waals surface area contributed by atoms with Gasteiger partial charge < -0.3 is 4.98 Å². The molecule has 0 atom stereocenters. The number of aromatic nitrogens is 2. The van der Waals surface area contributed by atoms with Gasteiger partial charge in [0.2, 0.25) is 0 Å². The Bertz CT molecular complexity index is 314. The zero-order valence-corrected chi connectivity index (χ0v) is 5.59. The lowest BCUT2D eigenvalue weighted by atomic mass is 10.5. The Labute approximate surface area is 57.7 Å². The van der Waals surface area contributed by atoms with Crippen molar-refractivity contribution in [2.24, 2.45) is 0 Å². The summed E-state index contributed by atoms with van der Waals surface area (Å²) < 4.78 is 1.33. The first-order chi connectivity index (χ1) is 4.74. The summed E-state index contributed by atoms with van der Waals surface area (Å²) in [6.45, 7) is 1.89. The summed E-state index contributed by atoms with van der Waals surface area (Å²) >= 11 is 0. The summed E-state index contributed by atoms with van der Waals surface area (Å²) in [5, 5.41) is 8.23. The molecule has 1 aromatic rings. The van der Waals surface area contributed by atoms with Gasteiger partial charge in [0.25, 0.3) is 0 Å². The van der Waals surface area contributed by atoms with Crippen molar-refractivity contribution in [1.29, 1.82) is 5.26 Å². The van der Waals surface area contributed by atoms with E-state index in [1.54, 1.807) is 13.1 Å². The Morgan fingerprint density at radius 3 is 3.00 bits per heavy atom. The van der Waals surface area contributed by atoms with Crippen LogP contribution in [0.15, 0.2) is 11.0 Å². The number of imidazole rings is 1. The summed E-state index contributed by atoms with van der Waals surface area (Å²) in [7, 11) is 0. The average molecular weight is 137 g/mol. The van der Waals surface area contributed by atoms with E-state index in [2.05, 4.69) is 4.98 Å². The minimum absolute atomic E-state index is 0.114. The largest absolute Gasteiger partial charge is 0.326 e. The van der Waals surface area contributed by atoms with E-state index in [1.165, 1.54) is 4.57 Å². The van der Waals surface area contributed by atoms with E-state index in [1.807, 2.05) is 6.07 Å². The van der Waals surface area contributed by atoms with E-state index in [4.69, 9.17) is 5.26 Å². The molecule has 1 rings (SSSR count). The maximum atomic E-state index is 10.8. The molecule has 0 saturated heterocycles. The molecule has 0 aromatic carbocycles. The Balaban J connectivity index is 3.06. The third-order valence-electron chi connectivity index (χ3n) is 1.16. The maximum absolute atomic E-state index is 10.8. The van der Waals surface area contributed by atoms with Gasteiger partial charge in [-0.25, -0.2) is 4.79 Å². The second-order valence-electron chi connectivity index (χ2n) is 2.03. The molecule has 4 heteroatoms. The van der Waals surface area contributed by atoms with E-state index in [-0.39, 0.29) is 12.2 Å². The van der Waals surface area contributed by atoms with E-state index in [0.717, 1.165) is 5.69 Å². The molecule has 4 nitrogen and oxygen atoms in total. The SMILES string of the molecule is Cc1cn(CC#N)c(=O)[nH]1. The highest BCUT2D eigenvalue weighted by atomic mass is 16.1. The van der Waals surface area contributed by atoms with Crippen molar-refractivity contribution in [1.82, 2.24) is 9.55 Å². The number of aryl methyl sites for hydroxylation is 1. The van der Waals surface area contributed by atoms with Gasteiger partial charge in [0.15, 0.2) is 0 Å². The highest BCUT2D eigenvalue weighted by Gasteiger charge is 1.95. The number of hydrogen-bond donors (Lipinski definition) is 1. The zero-order chi connectivity index (χ0) is 7.56. The summed E-state index contributed by atoms with van der Waals surface area (Å²) in [6.07, 6.45) is 1.62. The van der Waals surface area contributed by atoms with Crippen LogP contribution in [0.4, 0.5) is 0 Å². The first-order valence-corrected chi connectivity index (χ1v) is 2.87. The van der Waals surface area contributed by atoms with Crippen LogP contribution in [0, 0.1) is 18.3 Å². The van der Waals surface area contributed by atoms with E-state index in [9.17, 15) is 4.79 Å². The van der Waals surface area contributed by atoms with Crippen molar-refractivity contribution in [3.05, 3.63) is 22.4 Å².